The van der Waals surface area contributed by atoms with E-state index in [0.717, 1.165) is 5.56 Å². The molecule has 0 N–H and O–H groups in total. The van der Waals surface area contributed by atoms with Crippen LogP contribution in [0.25, 0.3) is 0 Å². The molecule has 0 bridgehead atoms. The van der Waals surface area contributed by atoms with Crippen LogP contribution in [0.15, 0.2) is 24.3 Å². The Morgan fingerprint density at radius 2 is 1.45 bits per heavy atom. The molecule has 4 atom stereocenters. The predicted molar refractivity (Wildman–Crippen MR) is 70.3 cm³/mol. The number of esters is 4. The summed E-state index contributed by atoms with van der Waals surface area (Å²) in [4.78, 5) is 47.1. The van der Waals surface area contributed by atoms with Crippen LogP contribution >= 0.6 is 0 Å². The maximum atomic E-state index is 11.9. The molecule has 6 nitrogen and oxygen atoms in total. The van der Waals surface area contributed by atoms with E-state index >= 15 is 0 Å². The second kappa shape index (κ2) is 4.50. The van der Waals surface area contributed by atoms with Gasteiger partial charge in [-0.1, -0.05) is 24.3 Å². The van der Waals surface area contributed by atoms with Gasteiger partial charge >= 0.3 is 23.9 Å². The number of carbonyl (C=O) groups is 4. The van der Waals surface area contributed by atoms with E-state index < -0.39 is 41.6 Å². The van der Waals surface area contributed by atoms with Crippen molar-refractivity contribution in [2.75, 3.05) is 0 Å². The van der Waals surface area contributed by atoms with Crippen molar-refractivity contribution in [3.63, 3.8) is 0 Å². The van der Waals surface area contributed by atoms with Crippen LogP contribution in [-0.4, -0.2) is 23.9 Å². The molecule has 0 amide bonds. The van der Waals surface area contributed by atoms with Crippen LogP contribution in [0.4, 0.5) is 0 Å². The lowest BCUT2D eigenvalue weighted by Crippen LogP contribution is -2.31. The van der Waals surface area contributed by atoms with E-state index in [1.165, 1.54) is 0 Å². The molecule has 1 aromatic carbocycles. The minimum Gasteiger partial charge on any atom is -0.393 e. The van der Waals surface area contributed by atoms with Crippen LogP contribution in [0, 0.1) is 11.8 Å². The molecular weight excluding hydrogens is 288 g/mol. The maximum absolute atomic E-state index is 11.9. The van der Waals surface area contributed by atoms with Crippen LogP contribution in [0.2, 0.25) is 0 Å². The topological polar surface area (TPSA) is 86.7 Å². The molecule has 0 radical (unpaired) electrons. The molecule has 0 aromatic heterocycles. The number of fused-ring (bicyclic) bond motifs is 3. The molecule has 2 aliphatic heterocycles. The summed E-state index contributed by atoms with van der Waals surface area (Å²) in [6.07, 6.45) is 0.331. The Hall–Kier alpha value is -2.50. The molecule has 0 unspecified atom stereocenters. The number of hydrogen-bond donors (Lipinski definition) is 0. The van der Waals surface area contributed by atoms with E-state index in [0.29, 0.717) is 12.0 Å². The third-order valence-corrected chi connectivity index (χ3v) is 4.79. The van der Waals surface area contributed by atoms with Crippen molar-refractivity contribution in [2.45, 2.75) is 24.7 Å². The van der Waals surface area contributed by atoms with Crippen molar-refractivity contribution >= 4 is 23.9 Å². The molecule has 2 heterocycles. The highest BCUT2D eigenvalue weighted by molar-refractivity contribution is 6.01. The average molecular weight is 300 g/mol. The first-order valence-electron chi connectivity index (χ1n) is 7.15. The molecule has 22 heavy (non-hydrogen) atoms. The first-order chi connectivity index (χ1) is 10.6. The van der Waals surface area contributed by atoms with Gasteiger partial charge in [-0.25, -0.2) is 0 Å². The standard InChI is InChI=1S/C16H12O6/c17-12-6-10(14(18)21-12)9-5-11-13(16(20)22-15(11)19)8-4-2-1-3-7(8)9/h1-4,9-11,13H,5-6H2/t9-,10-,11+,13+/m1/s1. The summed E-state index contributed by atoms with van der Waals surface area (Å²) in [5, 5.41) is 0. The summed E-state index contributed by atoms with van der Waals surface area (Å²) in [5.41, 5.74) is 1.54. The Kier molecular flexibility index (Phi) is 2.69. The van der Waals surface area contributed by atoms with Crippen molar-refractivity contribution in [2.24, 2.45) is 11.8 Å². The van der Waals surface area contributed by atoms with Crippen LogP contribution < -0.4 is 0 Å². The van der Waals surface area contributed by atoms with E-state index in [9.17, 15) is 19.2 Å². The molecule has 0 spiro atoms. The zero-order valence-electron chi connectivity index (χ0n) is 11.5. The van der Waals surface area contributed by atoms with E-state index in [1.54, 1.807) is 12.1 Å². The number of hydrogen-bond acceptors (Lipinski definition) is 6. The second-order valence-electron chi connectivity index (χ2n) is 5.90. The third-order valence-electron chi connectivity index (χ3n) is 4.79. The molecule has 2 fully saturated rings. The summed E-state index contributed by atoms with van der Waals surface area (Å²) in [6, 6.07) is 7.21. The molecule has 6 heteroatoms. The Morgan fingerprint density at radius 3 is 2.14 bits per heavy atom. The van der Waals surface area contributed by atoms with Crippen LogP contribution in [0.1, 0.15) is 35.8 Å². The summed E-state index contributed by atoms with van der Waals surface area (Å²) in [6.45, 7) is 0. The largest absolute Gasteiger partial charge is 0.393 e. The number of ether oxygens (including phenoxy) is 2. The first-order valence-corrected chi connectivity index (χ1v) is 7.15. The van der Waals surface area contributed by atoms with Gasteiger partial charge in [0.1, 0.15) is 0 Å². The zero-order valence-corrected chi connectivity index (χ0v) is 11.5. The minimum atomic E-state index is -0.604. The third kappa shape index (κ3) is 1.73. The van der Waals surface area contributed by atoms with Gasteiger partial charge in [0.2, 0.25) is 0 Å². The summed E-state index contributed by atoms with van der Waals surface area (Å²) < 4.78 is 9.40. The second-order valence-corrected chi connectivity index (χ2v) is 5.90. The number of cyclic esters (lactones) is 4. The molecule has 3 aliphatic rings. The lowest BCUT2D eigenvalue weighted by Gasteiger charge is -2.32. The SMILES string of the molecule is O=C1C[C@H]([C@@H]2C[C@@H]3C(=O)OC(=O)[C@H]3c3ccccc32)C(=O)O1. The van der Waals surface area contributed by atoms with Gasteiger partial charge in [-0.05, 0) is 23.5 Å². The highest BCUT2D eigenvalue weighted by Gasteiger charge is 2.53. The molecule has 2 saturated heterocycles. The summed E-state index contributed by atoms with van der Waals surface area (Å²) in [7, 11) is 0. The Labute approximate surface area is 125 Å². The van der Waals surface area contributed by atoms with Gasteiger partial charge in [-0.2, -0.15) is 0 Å². The normalized spacial score (nSPS) is 33.3. The van der Waals surface area contributed by atoms with Crippen LogP contribution in [0.5, 0.6) is 0 Å². The van der Waals surface area contributed by atoms with Crippen molar-refractivity contribution in [3.05, 3.63) is 35.4 Å². The monoisotopic (exact) mass is 300 g/mol. The molecule has 4 rings (SSSR count). The van der Waals surface area contributed by atoms with Crippen molar-refractivity contribution in [1.29, 1.82) is 0 Å². The fourth-order valence-electron chi connectivity index (χ4n) is 3.83. The van der Waals surface area contributed by atoms with Gasteiger partial charge in [0.05, 0.1) is 24.2 Å². The van der Waals surface area contributed by atoms with E-state index in [-0.39, 0.29) is 12.3 Å². The Morgan fingerprint density at radius 1 is 0.773 bits per heavy atom. The van der Waals surface area contributed by atoms with E-state index in [1.807, 2.05) is 12.1 Å². The summed E-state index contributed by atoms with van der Waals surface area (Å²) >= 11 is 0. The lowest BCUT2D eigenvalue weighted by molar-refractivity contribution is -0.155. The fraction of sp³-hybridized carbons (Fsp3) is 0.375. The Balaban J connectivity index is 1.81. The predicted octanol–water partition coefficient (Wildman–Crippen LogP) is 1.05. The van der Waals surface area contributed by atoms with Crippen LogP contribution in [0.3, 0.4) is 0 Å². The fourth-order valence-corrected chi connectivity index (χ4v) is 3.83. The molecule has 0 saturated carbocycles. The molecular formula is C16H12O6. The highest BCUT2D eigenvalue weighted by Crippen LogP contribution is 2.50. The van der Waals surface area contributed by atoms with Gasteiger partial charge < -0.3 is 9.47 Å². The molecule has 1 aliphatic carbocycles. The highest BCUT2D eigenvalue weighted by atomic mass is 16.6. The quantitative estimate of drug-likeness (QED) is 0.569. The minimum absolute atomic E-state index is 0.0121. The van der Waals surface area contributed by atoms with Crippen LogP contribution in [-0.2, 0) is 28.7 Å². The van der Waals surface area contributed by atoms with E-state index in [2.05, 4.69) is 4.74 Å². The number of rotatable bonds is 1. The molecule has 112 valence electrons. The average Bonchev–Trinajstić information content (AvgIpc) is 2.97. The van der Waals surface area contributed by atoms with Gasteiger partial charge in [0, 0.05) is 0 Å². The van der Waals surface area contributed by atoms with Crippen molar-refractivity contribution in [1.82, 2.24) is 0 Å². The first kappa shape index (κ1) is 13.2. The van der Waals surface area contributed by atoms with Gasteiger partial charge in [-0.3, -0.25) is 19.2 Å². The number of carbonyl (C=O) groups excluding carboxylic acids is 4. The van der Waals surface area contributed by atoms with Crippen molar-refractivity contribution in [3.8, 4) is 0 Å². The van der Waals surface area contributed by atoms with Gasteiger partial charge in [-0.15, -0.1) is 0 Å². The lowest BCUT2D eigenvalue weighted by atomic mass is 9.67. The van der Waals surface area contributed by atoms with Crippen molar-refractivity contribution < 1.29 is 28.7 Å². The van der Waals surface area contributed by atoms with Gasteiger partial charge in [0.25, 0.3) is 0 Å². The van der Waals surface area contributed by atoms with E-state index in [4.69, 9.17) is 4.74 Å². The Bertz CT molecular complexity index is 721. The maximum Gasteiger partial charge on any atom is 0.321 e. The smallest absolute Gasteiger partial charge is 0.321 e. The molecule has 1 aromatic rings. The number of benzene rings is 1. The zero-order chi connectivity index (χ0) is 15.4. The summed E-state index contributed by atoms with van der Waals surface area (Å²) in [5.74, 6) is -4.28. The van der Waals surface area contributed by atoms with Gasteiger partial charge in [0.15, 0.2) is 0 Å².